The van der Waals surface area contributed by atoms with Gasteiger partial charge in [0.15, 0.2) is 11.6 Å². The first-order chi connectivity index (χ1) is 15.2. The smallest absolute Gasteiger partial charge is 0.292 e. The van der Waals surface area contributed by atoms with Crippen molar-refractivity contribution < 1.29 is 9.21 Å². The summed E-state index contributed by atoms with van der Waals surface area (Å²) in [5.74, 6) is 1.03. The van der Waals surface area contributed by atoms with Gasteiger partial charge in [-0.15, -0.1) is 11.3 Å². The molecule has 0 saturated heterocycles. The first-order valence-electron chi connectivity index (χ1n) is 9.65. The normalized spacial score (nSPS) is 11.1. The zero-order valence-corrected chi connectivity index (χ0v) is 18.2. The second-order valence-electron chi connectivity index (χ2n) is 6.88. The molecule has 8 heteroatoms. The quantitative estimate of drug-likeness (QED) is 0.327. The van der Waals surface area contributed by atoms with E-state index in [0.29, 0.717) is 22.9 Å². The summed E-state index contributed by atoms with van der Waals surface area (Å²) in [5, 5.41) is 10.3. The van der Waals surface area contributed by atoms with Gasteiger partial charge in [0.25, 0.3) is 5.91 Å². The number of hydrogen-bond donors (Lipinski definition) is 1. The Bertz CT molecular complexity index is 1350. The van der Waals surface area contributed by atoms with E-state index < -0.39 is 0 Å². The van der Waals surface area contributed by atoms with E-state index in [1.54, 1.807) is 33.8 Å². The number of furan rings is 1. The maximum absolute atomic E-state index is 13.1. The van der Waals surface area contributed by atoms with Crippen molar-refractivity contribution in [1.29, 1.82) is 0 Å². The monoisotopic (exact) mass is 446 g/mol. The van der Waals surface area contributed by atoms with Gasteiger partial charge in [-0.05, 0) is 25.1 Å². The number of nitrogens with one attached hydrogen (secondary N) is 1. The zero-order valence-electron chi connectivity index (χ0n) is 16.6. The number of carbonyl (C=O) groups excluding carboxylic acids is 1. The first-order valence-corrected chi connectivity index (χ1v) is 11.5. The number of para-hydroxylation sites is 2. The molecule has 0 aliphatic heterocycles. The fourth-order valence-corrected chi connectivity index (χ4v) is 5.12. The Morgan fingerprint density at radius 2 is 1.94 bits per heavy atom. The highest BCUT2D eigenvalue weighted by atomic mass is 32.2. The van der Waals surface area contributed by atoms with Crippen molar-refractivity contribution >= 4 is 45.8 Å². The third kappa shape index (κ3) is 4.12. The fourth-order valence-electron chi connectivity index (χ4n) is 3.25. The van der Waals surface area contributed by atoms with Crippen LogP contribution >= 0.6 is 23.1 Å². The molecule has 0 saturated carbocycles. The van der Waals surface area contributed by atoms with Gasteiger partial charge < -0.3 is 9.73 Å². The van der Waals surface area contributed by atoms with E-state index >= 15 is 0 Å². The maximum Gasteiger partial charge on any atom is 0.292 e. The number of thioether (sulfide) groups is 1. The summed E-state index contributed by atoms with van der Waals surface area (Å²) < 4.78 is 8.63. The van der Waals surface area contributed by atoms with Crippen molar-refractivity contribution in [3.63, 3.8) is 0 Å². The van der Waals surface area contributed by atoms with Crippen molar-refractivity contribution in [3.05, 3.63) is 89.3 Å². The van der Waals surface area contributed by atoms with Crippen molar-refractivity contribution in [2.45, 2.75) is 17.0 Å². The summed E-state index contributed by atoms with van der Waals surface area (Å²) in [4.78, 5) is 17.6. The number of anilines is 1. The zero-order chi connectivity index (χ0) is 21.2. The van der Waals surface area contributed by atoms with Crippen LogP contribution < -0.4 is 5.32 Å². The number of hydrogen-bond acceptors (Lipinski definition) is 6. The minimum Gasteiger partial charge on any atom is -0.451 e. The molecular weight excluding hydrogens is 428 g/mol. The summed E-state index contributed by atoms with van der Waals surface area (Å²) in [6.45, 7) is 1.97. The molecule has 2 aromatic carbocycles. The Hall–Kier alpha value is -3.36. The summed E-state index contributed by atoms with van der Waals surface area (Å²) in [7, 11) is 0. The van der Waals surface area contributed by atoms with Crippen LogP contribution in [0.2, 0.25) is 0 Å². The van der Waals surface area contributed by atoms with Gasteiger partial charge in [0.05, 0.1) is 5.69 Å². The number of carbonyl (C=O) groups is 1. The van der Waals surface area contributed by atoms with Crippen molar-refractivity contribution in [1.82, 2.24) is 14.8 Å². The largest absolute Gasteiger partial charge is 0.451 e. The van der Waals surface area contributed by atoms with Gasteiger partial charge >= 0.3 is 0 Å². The molecule has 3 aromatic heterocycles. The molecule has 0 aliphatic rings. The molecule has 5 rings (SSSR count). The molecule has 0 unspecified atom stereocenters. The van der Waals surface area contributed by atoms with E-state index in [-0.39, 0.29) is 5.91 Å². The molecule has 1 N–H and O–H groups in total. The number of amides is 1. The molecule has 1 amide bonds. The van der Waals surface area contributed by atoms with Crippen LogP contribution in [0.15, 0.2) is 81.0 Å². The highest BCUT2D eigenvalue weighted by Gasteiger charge is 2.22. The molecule has 3 heterocycles. The lowest BCUT2D eigenvalue weighted by Crippen LogP contribution is -2.13. The van der Waals surface area contributed by atoms with E-state index in [1.807, 2.05) is 73.1 Å². The Morgan fingerprint density at radius 3 is 2.74 bits per heavy atom. The Kier molecular flexibility index (Phi) is 5.31. The molecule has 0 spiro atoms. The number of benzene rings is 2. The van der Waals surface area contributed by atoms with Crippen LogP contribution in [-0.4, -0.2) is 20.7 Å². The van der Waals surface area contributed by atoms with E-state index in [0.717, 1.165) is 26.7 Å². The van der Waals surface area contributed by atoms with Crippen LogP contribution in [0, 0.1) is 6.92 Å². The van der Waals surface area contributed by atoms with E-state index in [1.165, 1.54) is 0 Å². The number of fused-ring (bicyclic) bond motifs is 1. The predicted molar refractivity (Wildman–Crippen MR) is 124 cm³/mol. The molecule has 0 atom stereocenters. The average Bonchev–Trinajstić information content (AvgIpc) is 3.51. The molecule has 0 aliphatic carbocycles. The Balaban J connectivity index is 1.41. The SMILES string of the molecule is Cc1csc(SCc2c(C(=O)Nc3ccn(-c4ccccc4)n3)oc3ccccc23)n1. The lowest BCUT2D eigenvalue weighted by atomic mass is 10.1. The number of thiazole rings is 1. The number of nitrogens with zero attached hydrogens (tertiary/aromatic N) is 3. The van der Waals surface area contributed by atoms with Crippen LogP contribution in [0.3, 0.4) is 0 Å². The van der Waals surface area contributed by atoms with Gasteiger partial charge in [0, 0.05) is 40.0 Å². The van der Waals surface area contributed by atoms with Crippen molar-refractivity contribution in [2.24, 2.45) is 0 Å². The molecular formula is C23H18N4O2S2. The van der Waals surface area contributed by atoms with Crippen LogP contribution in [0.25, 0.3) is 16.7 Å². The standard InChI is InChI=1S/C23H18N4O2S2/c1-15-13-30-23(24-15)31-14-18-17-9-5-6-10-19(17)29-21(18)22(28)25-20-11-12-27(26-20)16-7-3-2-4-8-16/h2-13H,14H2,1H3,(H,25,26,28). The lowest BCUT2D eigenvalue weighted by Gasteiger charge is -2.03. The third-order valence-electron chi connectivity index (χ3n) is 4.69. The van der Waals surface area contributed by atoms with E-state index in [9.17, 15) is 4.79 Å². The topological polar surface area (TPSA) is 73.0 Å². The summed E-state index contributed by atoms with van der Waals surface area (Å²) >= 11 is 3.20. The average molecular weight is 447 g/mol. The van der Waals surface area contributed by atoms with Crippen LogP contribution in [0.1, 0.15) is 21.8 Å². The van der Waals surface area contributed by atoms with Crippen LogP contribution in [-0.2, 0) is 5.75 Å². The highest BCUT2D eigenvalue weighted by molar-refractivity contribution is 8.00. The predicted octanol–water partition coefficient (Wildman–Crippen LogP) is 5.93. The van der Waals surface area contributed by atoms with Gasteiger partial charge in [-0.25, -0.2) is 9.67 Å². The van der Waals surface area contributed by atoms with Gasteiger partial charge in [0.2, 0.25) is 0 Å². The van der Waals surface area contributed by atoms with Gasteiger partial charge in [-0.1, -0.05) is 48.2 Å². The van der Waals surface area contributed by atoms with Gasteiger partial charge in [-0.2, -0.15) is 5.10 Å². The Labute approximate surface area is 186 Å². The van der Waals surface area contributed by atoms with Crippen molar-refractivity contribution in [2.75, 3.05) is 5.32 Å². The first kappa shape index (κ1) is 19.6. The second-order valence-corrected chi connectivity index (χ2v) is 8.97. The molecule has 0 fully saturated rings. The minimum absolute atomic E-state index is 0.302. The van der Waals surface area contributed by atoms with Crippen molar-refractivity contribution in [3.8, 4) is 5.69 Å². The number of rotatable bonds is 6. The summed E-state index contributed by atoms with van der Waals surface area (Å²) in [5.41, 5.74) is 3.46. The maximum atomic E-state index is 13.1. The van der Waals surface area contributed by atoms with Crippen LogP contribution in [0.5, 0.6) is 0 Å². The molecule has 0 radical (unpaired) electrons. The lowest BCUT2D eigenvalue weighted by molar-refractivity contribution is 0.0997. The van der Waals surface area contributed by atoms with Gasteiger partial charge in [0.1, 0.15) is 9.92 Å². The molecule has 154 valence electrons. The highest BCUT2D eigenvalue weighted by Crippen LogP contribution is 2.33. The van der Waals surface area contributed by atoms with E-state index in [2.05, 4.69) is 15.4 Å². The number of aromatic nitrogens is 3. The molecule has 5 aromatic rings. The fraction of sp³-hybridized carbons (Fsp3) is 0.0870. The minimum atomic E-state index is -0.319. The molecule has 0 bridgehead atoms. The molecule has 6 nitrogen and oxygen atoms in total. The Morgan fingerprint density at radius 1 is 1.13 bits per heavy atom. The number of aryl methyl sites for hydroxylation is 1. The van der Waals surface area contributed by atoms with Crippen LogP contribution in [0.4, 0.5) is 5.82 Å². The summed E-state index contributed by atoms with van der Waals surface area (Å²) in [6.07, 6.45) is 1.81. The second kappa shape index (κ2) is 8.41. The van der Waals surface area contributed by atoms with E-state index in [4.69, 9.17) is 4.42 Å². The van der Waals surface area contributed by atoms with Gasteiger partial charge in [-0.3, -0.25) is 4.79 Å². The summed E-state index contributed by atoms with van der Waals surface area (Å²) in [6, 6.07) is 19.2. The molecule has 31 heavy (non-hydrogen) atoms. The third-order valence-corrected chi connectivity index (χ3v) is 6.86.